The average Bonchev–Trinajstić information content (AvgIpc) is 3.88. The fourth-order valence-corrected chi connectivity index (χ4v) is 8.77. The van der Waals surface area contributed by atoms with Crippen molar-refractivity contribution in [2.75, 3.05) is 0 Å². The highest BCUT2D eigenvalue weighted by atomic mass is 32.1. The van der Waals surface area contributed by atoms with Crippen LogP contribution >= 0.6 is 11.3 Å². The van der Waals surface area contributed by atoms with Crippen molar-refractivity contribution in [3.63, 3.8) is 0 Å². The van der Waals surface area contributed by atoms with Crippen LogP contribution in [0.3, 0.4) is 0 Å². The second-order valence-corrected chi connectivity index (χ2v) is 14.2. The zero-order chi connectivity index (χ0) is 33.5. The third kappa shape index (κ3) is 4.57. The molecule has 0 saturated carbocycles. The molecule has 51 heavy (non-hydrogen) atoms. The molecule has 4 aromatic heterocycles. The van der Waals surface area contributed by atoms with Gasteiger partial charge in [-0.05, 0) is 77.0 Å². The average molecular weight is 674 g/mol. The molecule has 11 rings (SSSR count). The largest absolute Gasteiger partial charge is 0.456 e. The third-order valence-electron chi connectivity index (χ3n) is 10.1. The highest BCUT2D eigenvalue weighted by Crippen LogP contribution is 2.42. The van der Waals surface area contributed by atoms with Crippen molar-refractivity contribution in [1.82, 2.24) is 15.0 Å². The van der Waals surface area contributed by atoms with Gasteiger partial charge >= 0.3 is 0 Å². The molecule has 1 unspecified atom stereocenters. The summed E-state index contributed by atoms with van der Waals surface area (Å²) in [6.07, 6.45) is 5.34. The minimum atomic E-state index is 0.0137. The molecule has 6 aromatic carbocycles. The topological polar surface area (TPSA) is 65.0 Å². The van der Waals surface area contributed by atoms with Crippen LogP contribution in [0.25, 0.3) is 93.9 Å². The Labute approximate surface area is 296 Å². The van der Waals surface area contributed by atoms with Crippen LogP contribution < -0.4 is 0 Å². The molecule has 0 amide bonds. The first kappa shape index (κ1) is 28.5. The lowest BCUT2D eigenvalue weighted by Gasteiger charge is -2.18. The summed E-state index contributed by atoms with van der Waals surface area (Å²) >= 11 is 1.85. The van der Waals surface area contributed by atoms with Crippen LogP contribution in [0.4, 0.5) is 0 Å². The van der Waals surface area contributed by atoms with Crippen LogP contribution in [0.15, 0.2) is 148 Å². The molecule has 0 N–H and O–H groups in total. The molecule has 1 atom stereocenters. The molecule has 4 heterocycles. The first-order valence-electron chi connectivity index (χ1n) is 17.1. The summed E-state index contributed by atoms with van der Waals surface area (Å²) in [4.78, 5) is 16.8. The van der Waals surface area contributed by atoms with Crippen LogP contribution in [-0.2, 0) is 6.42 Å². The van der Waals surface area contributed by atoms with E-state index in [4.69, 9.17) is 23.8 Å². The zero-order valence-electron chi connectivity index (χ0n) is 27.2. The first-order chi connectivity index (χ1) is 25.2. The van der Waals surface area contributed by atoms with Gasteiger partial charge in [-0.3, -0.25) is 0 Å². The monoisotopic (exact) mass is 673 g/mol. The molecule has 1 aliphatic rings. The van der Waals surface area contributed by atoms with E-state index in [1.54, 1.807) is 0 Å². The zero-order valence-corrected chi connectivity index (χ0v) is 28.0. The Kier molecular flexibility index (Phi) is 6.18. The summed E-state index contributed by atoms with van der Waals surface area (Å²) in [5.41, 5.74) is 8.76. The van der Waals surface area contributed by atoms with Crippen molar-refractivity contribution in [1.29, 1.82) is 0 Å². The van der Waals surface area contributed by atoms with E-state index in [0.717, 1.165) is 78.4 Å². The number of hydrogen-bond donors (Lipinski definition) is 0. The fraction of sp³-hybridized carbons (Fsp3) is 0.0444. The van der Waals surface area contributed by atoms with Crippen molar-refractivity contribution in [3.05, 3.63) is 156 Å². The number of thiophene rings is 1. The smallest absolute Gasteiger partial charge is 0.164 e. The molecular weight excluding hydrogens is 647 g/mol. The molecule has 1 aliphatic carbocycles. The fourth-order valence-electron chi connectivity index (χ4n) is 7.62. The number of nitrogens with zero attached hydrogens (tertiary/aromatic N) is 3. The predicted octanol–water partition coefficient (Wildman–Crippen LogP) is 12.2. The van der Waals surface area contributed by atoms with Gasteiger partial charge in [0.2, 0.25) is 0 Å². The van der Waals surface area contributed by atoms with Gasteiger partial charge in [-0.25, -0.2) is 15.0 Å². The number of fused-ring (bicyclic) bond motifs is 9. The van der Waals surface area contributed by atoms with Crippen LogP contribution in [0, 0.1) is 0 Å². The van der Waals surface area contributed by atoms with E-state index >= 15 is 0 Å². The Morgan fingerprint density at radius 1 is 0.529 bits per heavy atom. The van der Waals surface area contributed by atoms with Gasteiger partial charge < -0.3 is 8.83 Å². The van der Waals surface area contributed by atoms with Gasteiger partial charge in [-0.2, -0.15) is 0 Å². The summed E-state index contributed by atoms with van der Waals surface area (Å²) in [5, 5.41) is 5.55. The Hall–Kier alpha value is -6.37. The van der Waals surface area contributed by atoms with Gasteiger partial charge in [-0.15, -0.1) is 11.3 Å². The normalized spacial score (nSPS) is 14.3. The summed E-state index contributed by atoms with van der Waals surface area (Å²) in [7, 11) is 0. The number of aromatic nitrogens is 3. The molecule has 6 heteroatoms. The minimum Gasteiger partial charge on any atom is -0.456 e. The lowest BCUT2D eigenvalue weighted by Crippen LogP contribution is -2.11. The molecule has 10 aromatic rings. The Morgan fingerprint density at radius 3 is 2.20 bits per heavy atom. The number of benzene rings is 6. The van der Waals surface area contributed by atoms with Gasteiger partial charge in [0.25, 0.3) is 0 Å². The quantitative estimate of drug-likeness (QED) is 0.186. The second-order valence-electron chi connectivity index (χ2n) is 13.1. The van der Waals surface area contributed by atoms with Crippen molar-refractivity contribution in [3.8, 4) is 33.9 Å². The number of rotatable bonds is 4. The van der Waals surface area contributed by atoms with Gasteiger partial charge in [0.15, 0.2) is 11.6 Å². The summed E-state index contributed by atoms with van der Waals surface area (Å²) in [6.45, 7) is 0. The van der Waals surface area contributed by atoms with E-state index in [9.17, 15) is 0 Å². The van der Waals surface area contributed by atoms with Crippen LogP contribution in [0.1, 0.15) is 22.2 Å². The SMILES string of the molecule is C1=CC(c2nc(-c3ccccc3)nc(-c3cccc4oc5ccc(-c6ccc7c(c6)oc6ccccc67)cc5c34)n2)Cc2c1sc1ccccc21. The van der Waals surface area contributed by atoms with Crippen molar-refractivity contribution < 1.29 is 8.83 Å². The van der Waals surface area contributed by atoms with Crippen LogP contribution in [-0.4, -0.2) is 15.0 Å². The maximum absolute atomic E-state index is 6.45. The summed E-state index contributed by atoms with van der Waals surface area (Å²) in [5.74, 6) is 2.07. The van der Waals surface area contributed by atoms with E-state index in [1.807, 2.05) is 59.9 Å². The van der Waals surface area contributed by atoms with E-state index in [0.29, 0.717) is 11.6 Å². The van der Waals surface area contributed by atoms with E-state index in [2.05, 4.69) is 97.1 Å². The molecule has 0 bridgehead atoms. The summed E-state index contributed by atoms with van der Waals surface area (Å²) < 4.78 is 14.0. The second kappa shape index (κ2) is 11.1. The summed E-state index contributed by atoms with van der Waals surface area (Å²) in [6, 6.07) is 46.0. The van der Waals surface area contributed by atoms with Gasteiger partial charge in [0, 0.05) is 48.2 Å². The highest BCUT2D eigenvalue weighted by Gasteiger charge is 2.25. The molecule has 5 nitrogen and oxygen atoms in total. The number of allylic oxidation sites excluding steroid dienone is 1. The van der Waals surface area contributed by atoms with Crippen molar-refractivity contribution in [2.24, 2.45) is 0 Å². The molecule has 0 fully saturated rings. The third-order valence-corrected chi connectivity index (χ3v) is 11.3. The van der Waals surface area contributed by atoms with E-state index in [-0.39, 0.29) is 5.92 Å². The lowest BCUT2D eigenvalue weighted by atomic mass is 9.91. The van der Waals surface area contributed by atoms with Gasteiger partial charge in [-0.1, -0.05) is 97.1 Å². The Balaban J connectivity index is 1.07. The maximum Gasteiger partial charge on any atom is 0.164 e. The molecule has 240 valence electrons. The molecule has 0 saturated heterocycles. The number of furan rings is 2. The number of hydrogen-bond acceptors (Lipinski definition) is 6. The lowest BCUT2D eigenvalue weighted by molar-refractivity contribution is 0.669. The van der Waals surface area contributed by atoms with Crippen molar-refractivity contribution >= 4 is 71.4 Å². The highest BCUT2D eigenvalue weighted by molar-refractivity contribution is 7.20. The molecule has 0 radical (unpaired) electrons. The number of para-hydroxylation sites is 1. The maximum atomic E-state index is 6.45. The minimum absolute atomic E-state index is 0.0137. The van der Waals surface area contributed by atoms with Crippen LogP contribution in [0.5, 0.6) is 0 Å². The van der Waals surface area contributed by atoms with Gasteiger partial charge in [0.1, 0.15) is 28.2 Å². The molecule has 0 spiro atoms. The predicted molar refractivity (Wildman–Crippen MR) is 208 cm³/mol. The van der Waals surface area contributed by atoms with E-state index in [1.165, 1.54) is 20.5 Å². The van der Waals surface area contributed by atoms with Crippen LogP contribution in [0.2, 0.25) is 0 Å². The Bertz CT molecular complexity index is 3020. The standard InChI is InChI=1S/C45H27N3O2S/c1-2-9-26(10-3-1)43-46-44(29-19-22-41-34(24-29)32-12-5-7-16-40(32)51-41)48-45(47-43)33-13-8-15-38-42(33)35-23-27(18-21-37(35)49-38)28-17-20-31-30-11-4-6-14-36(30)50-39(31)25-28/h1-23,25,29H,24H2. The van der Waals surface area contributed by atoms with Gasteiger partial charge in [0.05, 0.1) is 0 Å². The van der Waals surface area contributed by atoms with Crippen molar-refractivity contribution in [2.45, 2.75) is 12.3 Å². The first-order valence-corrected chi connectivity index (χ1v) is 17.9. The van der Waals surface area contributed by atoms with E-state index < -0.39 is 0 Å². The molecule has 0 aliphatic heterocycles. The Morgan fingerprint density at radius 2 is 1.25 bits per heavy atom. The molecular formula is C45H27N3O2S.